The molecule has 1 aromatic carbocycles. The number of aromatic amines is 1. The fraction of sp³-hybridized carbons (Fsp3) is 0.385. The number of aromatic nitrogens is 1. The van der Waals surface area contributed by atoms with Crippen molar-refractivity contribution in [1.29, 1.82) is 0 Å². The van der Waals surface area contributed by atoms with Crippen molar-refractivity contribution >= 4 is 10.9 Å². The minimum absolute atomic E-state index is 0.415. The second-order valence-corrected chi connectivity index (χ2v) is 4.80. The van der Waals surface area contributed by atoms with Gasteiger partial charge in [-0.1, -0.05) is 0 Å². The van der Waals surface area contributed by atoms with Crippen LogP contribution in [0.4, 0.5) is 8.78 Å². The number of hydrogen-bond donors (Lipinski definition) is 1. The number of halogens is 2. The molecule has 1 unspecified atom stereocenters. The Labute approximate surface area is 98.2 Å². The molecule has 1 fully saturated rings. The van der Waals surface area contributed by atoms with Crippen molar-refractivity contribution in [2.75, 3.05) is 20.1 Å². The zero-order valence-electron chi connectivity index (χ0n) is 9.63. The van der Waals surface area contributed by atoms with E-state index in [-0.39, 0.29) is 0 Å². The molecule has 1 aromatic heterocycles. The van der Waals surface area contributed by atoms with Gasteiger partial charge in [-0.3, -0.25) is 0 Å². The molecule has 2 aromatic rings. The quantitative estimate of drug-likeness (QED) is 0.806. The lowest BCUT2D eigenvalue weighted by molar-refractivity contribution is 0.412. The van der Waals surface area contributed by atoms with Crippen molar-refractivity contribution < 1.29 is 8.78 Å². The van der Waals surface area contributed by atoms with Gasteiger partial charge in [0.15, 0.2) is 11.6 Å². The number of H-pyrrole nitrogens is 1. The van der Waals surface area contributed by atoms with Crippen molar-refractivity contribution in [2.24, 2.45) is 0 Å². The van der Waals surface area contributed by atoms with Gasteiger partial charge in [0, 0.05) is 29.7 Å². The average molecular weight is 236 g/mol. The van der Waals surface area contributed by atoms with Crippen LogP contribution in [0.5, 0.6) is 0 Å². The molecular formula is C13H14F2N2. The van der Waals surface area contributed by atoms with Gasteiger partial charge in [0.1, 0.15) is 0 Å². The van der Waals surface area contributed by atoms with E-state index in [4.69, 9.17) is 0 Å². The monoisotopic (exact) mass is 236 g/mol. The minimum atomic E-state index is -0.797. The Morgan fingerprint density at radius 1 is 1.29 bits per heavy atom. The predicted octanol–water partition coefficient (Wildman–Crippen LogP) is 2.87. The van der Waals surface area contributed by atoms with E-state index in [9.17, 15) is 8.78 Å². The first-order valence-electron chi connectivity index (χ1n) is 5.79. The van der Waals surface area contributed by atoms with Crippen molar-refractivity contribution in [2.45, 2.75) is 12.3 Å². The molecule has 3 rings (SSSR count). The SMILES string of the molecule is CN1CCC(c2c[nH]c3cc(F)c(F)cc23)C1. The third-order valence-corrected chi connectivity index (χ3v) is 3.59. The maximum atomic E-state index is 13.3. The van der Waals surface area contributed by atoms with E-state index in [1.165, 1.54) is 12.1 Å². The molecule has 0 saturated carbocycles. The Bertz CT molecular complexity index is 562. The van der Waals surface area contributed by atoms with E-state index < -0.39 is 11.6 Å². The molecule has 17 heavy (non-hydrogen) atoms. The highest BCUT2D eigenvalue weighted by molar-refractivity contribution is 5.84. The summed E-state index contributed by atoms with van der Waals surface area (Å²) in [7, 11) is 2.08. The summed E-state index contributed by atoms with van der Waals surface area (Å²) in [5, 5.41) is 0.809. The van der Waals surface area contributed by atoms with Gasteiger partial charge >= 0.3 is 0 Å². The van der Waals surface area contributed by atoms with Gasteiger partial charge in [0.2, 0.25) is 0 Å². The summed E-state index contributed by atoms with van der Waals surface area (Å²) in [5.41, 5.74) is 1.77. The molecule has 1 aliphatic rings. The summed E-state index contributed by atoms with van der Waals surface area (Å²) in [6.07, 6.45) is 2.95. The Morgan fingerprint density at radius 2 is 2.06 bits per heavy atom. The van der Waals surface area contributed by atoms with Gasteiger partial charge in [-0.2, -0.15) is 0 Å². The second-order valence-electron chi connectivity index (χ2n) is 4.80. The second kappa shape index (κ2) is 3.81. The van der Waals surface area contributed by atoms with Crippen LogP contribution < -0.4 is 0 Å². The number of nitrogens with one attached hydrogen (secondary N) is 1. The molecule has 0 bridgehead atoms. The van der Waals surface area contributed by atoms with Gasteiger partial charge in [0.05, 0.1) is 0 Å². The van der Waals surface area contributed by atoms with Crippen LogP contribution in [-0.4, -0.2) is 30.0 Å². The Hall–Kier alpha value is -1.42. The maximum Gasteiger partial charge on any atom is 0.160 e. The number of likely N-dealkylation sites (N-methyl/N-ethyl adjacent to an activating group) is 1. The van der Waals surface area contributed by atoms with Crippen LogP contribution in [0.2, 0.25) is 0 Å². The number of nitrogens with zero attached hydrogens (tertiary/aromatic N) is 1. The summed E-state index contributed by atoms with van der Waals surface area (Å²) < 4.78 is 26.4. The summed E-state index contributed by atoms with van der Waals surface area (Å²) in [4.78, 5) is 5.28. The number of hydrogen-bond acceptors (Lipinski definition) is 1. The van der Waals surface area contributed by atoms with Gasteiger partial charge < -0.3 is 9.88 Å². The lowest BCUT2D eigenvalue weighted by Gasteiger charge is -2.09. The lowest BCUT2D eigenvalue weighted by Crippen LogP contribution is -2.13. The van der Waals surface area contributed by atoms with E-state index in [1.807, 2.05) is 6.20 Å². The predicted molar refractivity (Wildman–Crippen MR) is 63.1 cm³/mol. The number of fused-ring (bicyclic) bond motifs is 1. The maximum absolute atomic E-state index is 13.3. The number of rotatable bonds is 1. The fourth-order valence-electron chi connectivity index (χ4n) is 2.66. The molecule has 1 atom stereocenters. The van der Waals surface area contributed by atoms with E-state index in [2.05, 4.69) is 16.9 Å². The molecule has 0 amide bonds. The minimum Gasteiger partial charge on any atom is -0.361 e. The molecule has 1 N–H and O–H groups in total. The molecule has 0 aliphatic carbocycles. The first-order valence-corrected chi connectivity index (χ1v) is 5.79. The molecule has 0 spiro atoms. The normalized spacial score (nSPS) is 21.5. The van der Waals surface area contributed by atoms with Gasteiger partial charge in [-0.05, 0) is 37.6 Å². The lowest BCUT2D eigenvalue weighted by atomic mass is 9.98. The van der Waals surface area contributed by atoms with E-state index >= 15 is 0 Å². The number of likely N-dealkylation sites (tertiary alicyclic amines) is 1. The summed E-state index contributed by atoms with van der Waals surface area (Å²) >= 11 is 0. The molecule has 2 nitrogen and oxygen atoms in total. The zero-order chi connectivity index (χ0) is 12.0. The molecule has 1 saturated heterocycles. The molecule has 1 aliphatic heterocycles. The largest absolute Gasteiger partial charge is 0.361 e. The molecule has 0 radical (unpaired) electrons. The van der Waals surface area contributed by atoms with Crippen LogP contribution >= 0.6 is 0 Å². The Balaban J connectivity index is 2.08. The van der Waals surface area contributed by atoms with Crippen LogP contribution in [0, 0.1) is 11.6 Å². The third-order valence-electron chi connectivity index (χ3n) is 3.59. The van der Waals surface area contributed by atoms with E-state index in [0.717, 1.165) is 30.5 Å². The highest BCUT2D eigenvalue weighted by atomic mass is 19.2. The summed E-state index contributed by atoms with van der Waals surface area (Å²) in [5.74, 6) is -1.15. The van der Waals surface area contributed by atoms with Gasteiger partial charge in [-0.15, -0.1) is 0 Å². The topological polar surface area (TPSA) is 19.0 Å². The highest BCUT2D eigenvalue weighted by Gasteiger charge is 2.24. The fourth-order valence-corrected chi connectivity index (χ4v) is 2.66. The van der Waals surface area contributed by atoms with Crippen LogP contribution in [0.25, 0.3) is 10.9 Å². The van der Waals surface area contributed by atoms with Crippen LogP contribution in [0.15, 0.2) is 18.3 Å². The standard InChI is InChI=1S/C13H14F2N2/c1-17-3-2-8(7-17)10-6-16-13-5-12(15)11(14)4-9(10)13/h4-6,8,16H,2-3,7H2,1H3. The van der Waals surface area contributed by atoms with Crippen molar-refractivity contribution in [3.05, 3.63) is 35.5 Å². The smallest absolute Gasteiger partial charge is 0.160 e. The summed E-state index contributed by atoms with van der Waals surface area (Å²) in [6.45, 7) is 2.03. The first-order chi connectivity index (χ1) is 8.15. The van der Waals surface area contributed by atoms with Crippen molar-refractivity contribution in [1.82, 2.24) is 9.88 Å². The van der Waals surface area contributed by atoms with Crippen molar-refractivity contribution in [3.63, 3.8) is 0 Å². The van der Waals surface area contributed by atoms with Gasteiger partial charge in [-0.25, -0.2) is 8.78 Å². The van der Waals surface area contributed by atoms with Crippen LogP contribution in [-0.2, 0) is 0 Å². The first kappa shape index (κ1) is 10.7. The van der Waals surface area contributed by atoms with E-state index in [0.29, 0.717) is 11.4 Å². The summed E-state index contributed by atoms with van der Waals surface area (Å²) in [6, 6.07) is 2.53. The third kappa shape index (κ3) is 1.72. The van der Waals surface area contributed by atoms with Gasteiger partial charge in [0.25, 0.3) is 0 Å². The zero-order valence-corrected chi connectivity index (χ0v) is 9.63. The van der Waals surface area contributed by atoms with Crippen LogP contribution in [0.3, 0.4) is 0 Å². The molecule has 90 valence electrons. The van der Waals surface area contributed by atoms with Crippen molar-refractivity contribution in [3.8, 4) is 0 Å². The van der Waals surface area contributed by atoms with E-state index in [1.54, 1.807) is 0 Å². The number of benzene rings is 1. The Kier molecular flexibility index (Phi) is 2.40. The average Bonchev–Trinajstić information content (AvgIpc) is 2.86. The van der Waals surface area contributed by atoms with Crippen LogP contribution in [0.1, 0.15) is 17.9 Å². The molecule has 4 heteroatoms. The Morgan fingerprint density at radius 3 is 2.76 bits per heavy atom. The highest BCUT2D eigenvalue weighted by Crippen LogP contribution is 2.32. The molecule has 2 heterocycles. The molecular weight excluding hydrogens is 222 g/mol.